The number of benzene rings is 1. The number of aromatic nitrogens is 3. The molecule has 0 aliphatic rings. The highest BCUT2D eigenvalue weighted by Crippen LogP contribution is 2.32. The molecule has 0 amide bonds. The summed E-state index contributed by atoms with van der Waals surface area (Å²) in [7, 11) is 0. The first-order valence-electron chi connectivity index (χ1n) is 7.44. The van der Waals surface area contributed by atoms with Crippen LogP contribution in [0, 0.1) is 0 Å². The van der Waals surface area contributed by atoms with Crippen molar-refractivity contribution in [1.29, 1.82) is 0 Å². The summed E-state index contributed by atoms with van der Waals surface area (Å²) < 4.78 is 1.95. The van der Waals surface area contributed by atoms with E-state index in [0.29, 0.717) is 0 Å². The van der Waals surface area contributed by atoms with E-state index in [2.05, 4.69) is 29.4 Å². The minimum atomic E-state index is 0.732. The van der Waals surface area contributed by atoms with Crippen molar-refractivity contribution in [1.82, 2.24) is 14.6 Å². The molecule has 4 rings (SSSR count). The van der Waals surface area contributed by atoms with Crippen LogP contribution < -0.4 is 0 Å². The number of aryl methyl sites for hydroxylation is 1. The molecule has 1 aromatic carbocycles. The minimum absolute atomic E-state index is 0.732. The quantitative estimate of drug-likeness (QED) is 0.504. The van der Waals surface area contributed by atoms with Gasteiger partial charge >= 0.3 is 0 Å². The van der Waals surface area contributed by atoms with Gasteiger partial charge in [-0.2, -0.15) is 5.10 Å². The fourth-order valence-electron chi connectivity index (χ4n) is 2.76. The first-order chi connectivity index (χ1) is 11.3. The van der Waals surface area contributed by atoms with Crippen LogP contribution in [0.25, 0.3) is 27.3 Å². The van der Waals surface area contributed by atoms with E-state index in [9.17, 15) is 0 Å². The average molecular weight is 340 g/mol. The van der Waals surface area contributed by atoms with Crippen molar-refractivity contribution in [2.24, 2.45) is 0 Å². The minimum Gasteiger partial charge on any atom is -0.236 e. The highest BCUT2D eigenvalue weighted by molar-refractivity contribution is 7.13. The average Bonchev–Trinajstić information content (AvgIpc) is 3.22. The molecule has 0 N–H and O–H groups in total. The number of thiophene rings is 1. The molecule has 4 aromatic rings. The number of fused-ring (bicyclic) bond motifs is 1. The Morgan fingerprint density at radius 2 is 1.96 bits per heavy atom. The van der Waals surface area contributed by atoms with Crippen molar-refractivity contribution in [2.45, 2.75) is 13.3 Å². The molecular weight excluding hydrogens is 326 g/mol. The molecule has 3 nitrogen and oxygen atoms in total. The highest BCUT2D eigenvalue weighted by Gasteiger charge is 2.17. The Morgan fingerprint density at radius 3 is 2.65 bits per heavy atom. The van der Waals surface area contributed by atoms with Gasteiger partial charge in [-0.3, -0.25) is 0 Å². The van der Waals surface area contributed by atoms with Crippen molar-refractivity contribution in [3.05, 3.63) is 64.8 Å². The number of hydrogen-bond acceptors (Lipinski definition) is 3. The van der Waals surface area contributed by atoms with Gasteiger partial charge in [0.25, 0.3) is 0 Å². The lowest BCUT2D eigenvalue weighted by atomic mass is 10.0. The second-order valence-electron chi connectivity index (χ2n) is 5.22. The van der Waals surface area contributed by atoms with Crippen LogP contribution in [-0.4, -0.2) is 14.6 Å². The van der Waals surface area contributed by atoms with Crippen molar-refractivity contribution in [2.75, 3.05) is 0 Å². The van der Waals surface area contributed by atoms with Gasteiger partial charge in [-0.05, 0) is 41.6 Å². The molecule has 5 heteroatoms. The summed E-state index contributed by atoms with van der Waals surface area (Å²) in [5.74, 6) is 0. The Hall–Kier alpha value is -2.17. The van der Waals surface area contributed by atoms with Gasteiger partial charge in [0.05, 0.1) is 16.3 Å². The van der Waals surface area contributed by atoms with Crippen LogP contribution in [0.5, 0.6) is 0 Å². The summed E-state index contributed by atoms with van der Waals surface area (Å²) in [6, 6.07) is 14.0. The van der Waals surface area contributed by atoms with Crippen molar-refractivity contribution < 1.29 is 0 Å². The maximum atomic E-state index is 6.02. The molecule has 0 radical (unpaired) electrons. The lowest BCUT2D eigenvalue weighted by Gasteiger charge is -2.03. The van der Waals surface area contributed by atoms with E-state index in [1.165, 1.54) is 4.88 Å². The number of hydrogen-bond donors (Lipinski definition) is 0. The third-order valence-electron chi connectivity index (χ3n) is 3.83. The second kappa shape index (κ2) is 5.80. The largest absolute Gasteiger partial charge is 0.236 e. The van der Waals surface area contributed by atoms with E-state index in [0.717, 1.165) is 39.6 Å². The topological polar surface area (TPSA) is 30.2 Å². The van der Waals surface area contributed by atoms with E-state index in [-0.39, 0.29) is 0 Å². The van der Waals surface area contributed by atoms with Gasteiger partial charge in [0.2, 0.25) is 0 Å². The molecule has 0 unspecified atom stereocenters. The maximum Gasteiger partial charge on any atom is 0.163 e. The summed E-state index contributed by atoms with van der Waals surface area (Å²) in [5, 5.41) is 7.62. The first-order valence-corrected chi connectivity index (χ1v) is 8.70. The van der Waals surface area contributed by atoms with Crippen LogP contribution in [0.3, 0.4) is 0 Å². The Kier molecular flexibility index (Phi) is 3.63. The van der Waals surface area contributed by atoms with Crippen LogP contribution in [0.2, 0.25) is 5.02 Å². The molecule has 0 atom stereocenters. The molecule has 23 heavy (non-hydrogen) atoms. The molecular formula is C18H14ClN3S. The molecule has 3 aromatic heterocycles. The van der Waals surface area contributed by atoms with Gasteiger partial charge < -0.3 is 0 Å². The Labute approximate surface area is 143 Å². The predicted octanol–water partition coefficient (Wildman–Crippen LogP) is 5.34. The van der Waals surface area contributed by atoms with Gasteiger partial charge in [0, 0.05) is 16.8 Å². The molecule has 114 valence electrons. The Balaban J connectivity index is 2.01. The number of halogens is 1. The second-order valence-corrected chi connectivity index (χ2v) is 6.61. The van der Waals surface area contributed by atoms with Crippen molar-refractivity contribution in [3.63, 3.8) is 0 Å². The molecule has 0 fully saturated rings. The van der Waals surface area contributed by atoms with E-state index < -0.39 is 0 Å². The van der Waals surface area contributed by atoms with Crippen LogP contribution in [0.4, 0.5) is 0 Å². The van der Waals surface area contributed by atoms with Crippen molar-refractivity contribution >= 4 is 28.6 Å². The monoisotopic (exact) mass is 339 g/mol. The van der Waals surface area contributed by atoms with Gasteiger partial charge in [0.1, 0.15) is 0 Å². The lowest BCUT2D eigenvalue weighted by molar-refractivity contribution is 0.895. The standard InChI is InChI=1S/C18H14ClN3S/c1-2-14-17(12-5-7-13(19)8-6-12)18-20-10-9-15(22(18)21-14)16-4-3-11-23-16/h3-11H,2H2,1H3. The normalized spacial score (nSPS) is 11.2. The van der Waals surface area contributed by atoms with E-state index in [4.69, 9.17) is 16.7 Å². The van der Waals surface area contributed by atoms with E-state index in [1.807, 2.05) is 41.0 Å². The molecule has 3 heterocycles. The summed E-state index contributed by atoms with van der Waals surface area (Å²) in [4.78, 5) is 5.78. The predicted molar refractivity (Wildman–Crippen MR) is 96.1 cm³/mol. The third kappa shape index (κ3) is 2.44. The molecule has 0 aliphatic heterocycles. The smallest absolute Gasteiger partial charge is 0.163 e. The molecule has 0 saturated carbocycles. The molecule has 0 saturated heterocycles. The highest BCUT2D eigenvalue weighted by atomic mass is 35.5. The zero-order valence-electron chi connectivity index (χ0n) is 12.5. The summed E-state index contributed by atoms with van der Waals surface area (Å²) in [6.07, 6.45) is 2.70. The van der Waals surface area contributed by atoms with E-state index >= 15 is 0 Å². The maximum absolute atomic E-state index is 6.02. The SMILES string of the molecule is CCc1nn2c(-c3cccs3)ccnc2c1-c1ccc(Cl)cc1. The van der Waals surface area contributed by atoms with Gasteiger partial charge in [-0.1, -0.05) is 36.7 Å². The summed E-state index contributed by atoms with van der Waals surface area (Å²) >= 11 is 7.73. The summed E-state index contributed by atoms with van der Waals surface area (Å²) in [6.45, 7) is 2.12. The van der Waals surface area contributed by atoms with Gasteiger partial charge in [-0.15, -0.1) is 11.3 Å². The van der Waals surface area contributed by atoms with Crippen molar-refractivity contribution in [3.8, 4) is 21.7 Å². The molecule has 0 spiro atoms. The lowest BCUT2D eigenvalue weighted by Crippen LogP contribution is -1.94. The number of nitrogens with zero attached hydrogens (tertiary/aromatic N) is 3. The van der Waals surface area contributed by atoms with Crippen LogP contribution in [-0.2, 0) is 6.42 Å². The zero-order chi connectivity index (χ0) is 15.8. The van der Waals surface area contributed by atoms with Crippen LogP contribution >= 0.6 is 22.9 Å². The Bertz CT molecular complexity index is 956. The Morgan fingerprint density at radius 1 is 1.13 bits per heavy atom. The van der Waals surface area contributed by atoms with Gasteiger partial charge in [0.15, 0.2) is 5.65 Å². The van der Waals surface area contributed by atoms with Gasteiger partial charge in [-0.25, -0.2) is 9.50 Å². The molecule has 0 aliphatic carbocycles. The number of rotatable bonds is 3. The van der Waals surface area contributed by atoms with Crippen LogP contribution in [0.1, 0.15) is 12.6 Å². The fraction of sp³-hybridized carbons (Fsp3) is 0.111. The van der Waals surface area contributed by atoms with Crippen LogP contribution in [0.15, 0.2) is 54.0 Å². The third-order valence-corrected chi connectivity index (χ3v) is 4.98. The van der Waals surface area contributed by atoms with E-state index in [1.54, 1.807) is 11.3 Å². The molecule has 0 bridgehead atoms. The first kappa shape index (κ1) is 14.4. The summed E-state index contributed by atoms with van der Waals surface area (Å²) in [5.41, 5.74) is 5.18. The zero-order valence-corrected chi connectivity index (χ0v) is 14.1. The fourth-order valence-corrected chi connectivity index (χ4v) is 3.62.